The Hall–Kier alpha value is -1.39. The van der Waals surface area contributed by atoms with E-state index in [2.05, 4.69) is 15.6 Å². The molecule has 0 aliphatic carbocycles. The predicted octanol–water partition coefficient (Wildman–Crippen LogP) is 4.28. The number of guanidine groups is 1. The molecule has 0 radical (unpaired) electrons. The number of nitrogens with zero attached hydrogens (tertiary/aromatic N) is 1. The van der Waals surface area contributed by atoms with Gasteiger partial charge in [-0.3, -0.25) is 4.99 Å². The van der Waals surface area contributed by atoms with Gasteiger partial charge in [-0.05, 0) is 38.0 Å². The molecule has 1 unspecified atom stereocenters. The molecule has 1 aromatic rings. The number of nitrogens with one attached hydrogen (secondary N) is 2. The number of unbranched alkanes of at least 4 members (excludes halogenated alkanes) is 1. The second-order valence-corrected chi connectivity index (χ2v) is 5.55. The molecule has 0 fully saturated rings. The summed E-state index contributed by atoms with van der Waals surface area (Å²) in [6.45, 7) is 2.35. The molecule has 0 saturated heterocycles. The lowest BCUT2D eigenvalue weighted by Crippen LogP contribution is -2.39. The number of halogens is 4. The first-order valence-corrected chi connectivity index (χ1v) is 8.06. The van der Waals surface area contributed by atoms with E-state index in [1.165, 1.54) is 0 Å². The lowest BCUT2D eigenvalue weighted by atomic mass is 10.1. The van der Waals surface area contributed by atoms with Crippen molar-refractivity contribution < 1.29 is 22.6 Å². The lowest BCUT2D eigenvalue weighted by Gasteiger charge is -2.21. The maximum absolute atomic E-state index is 12.1. The molecule has 26 heavy (non-hydrogen) atoms. The zero-order chi connectivity index (χ0) is 18.9. The quantitative estimate of drug-likeness (QED) is 0.248. The second kappa shape index (κ2) is 12.1. The third-order valence-electron chi connectivity index (χ3n) is 3.66. The van der Waals surface area contributed by atoms with Gasteiger partial charge in [0.15, 0.2) is 5.96 Å². The number of ether oxygens (including phenoxy) is 2. The number of benzene rings is 1. The third-order valence-corrected chi connectivity index (χ3v) is 3.66. The molecule has 0 spiro atoms. The summed E-state index contributed by atoms with van der Waals surface area (Å²) >= 11 is 0. The monoisotopic (exact) mass is 489 g/mol. The average molecular weight is 489 g/mol. The van der Waals surface area contributed by atoms with E-state index in [9.17, 15) is 13.2 Å². The Balaban J connectivity index is 0.00000625. The molecule has 1 atom stereocenters. The van der Waals surface area contributed by atoms with E-state index < -0.39 is 12.6 Å². The maximum Gasteiger partial charge on any atom is 0.389 e. The van der Waals surface area contributed by atoms with Gasteiger partial charge in [0, 0.05) is 25.6 Å². The molecule has 0 aliphatic heterocycles. The molecule has 1 rings (SSSR count). The largest absolute Gasteiger partial charge is 0.497 e. The first-order chi connectivity index (χ1) is 11.8. The summed E-state index contributed by atoms with van der Waals surface area (Å²) in [5, 5.41) is 6.22. The summed E-state index contributed by atoms with van der Waals surface area (Å²) in [6.07, 6.45) is -4.36. The molecule has 1 aromatic carbocycles. The van der Waals surface area contributed by atoms with E-state index in [-0.39, 0.29) is 36.4 Å². The topological polar surface area (TPSA) is 54.9 Å². The predicted molar refractivity (Wildman–Crippen MR) is 108 cm³/mol. The Bertz CT molecular complexity index is 569. The van der Waals surface area contributed by atoms with Crippen LogP contribution >= 0.6 is 24.0 Å². The number of methoxy groups -OCH3 is 2. The van der Waals surface area contributed by atoms with Gasteiger partial charge < -0.3 is 20.1 Å². The van der Waals surface area contributed by atoms with Crippen molar-refractivity contribution in [3.05, 3.63) is 23.8 Å². The van der Waals surface area contributed by atoms with Crippen molar-refractivity contribution in [2.24, 2.45) is 4.99 Å². The van der Waals surface area contributed by atoms with Crippen LogP contribution in [0.3, 0.4) is 0 Å². The highest BCUT2D eigenvalue weighted by molar-refractivity contribution is 14.0. The van der Waals surface area contributed by atoms with Gasteiger partial charge in [-0.25, -0.2) is 0 Å². The summed E-state index contributed by atoms with van der Waals surface area (Å²) < 4.78 is 47.0. The number of rotatable bonds is 8. The average Bonchev–Trinajstić information content (AvgIpc) is 2.58. The van der Waals surface area contributed by atoms with Gasteiger partial charge in [-0.1, -0.05) is 0 Å². The number of alkyl halides is 3. The van der Waals surface area contributed by atoms with Crippen LogP contribution in [-0.2, 0) is 0 Å². The van der Waals surface area contributed by atoms with Crippen LogP contribution in [0.4, 0.5) is 13.2 Å². The van der Waals surface area contributed by atoms with Crippen molar-refractivity contribution in [1.29, 1.82) is 0 Å². The van der Waals surface area contributed by atoms with Crippen LogP contribution < -0.4 is 20.1 Å². The fourth-order valence-corrected chi connectivity index (χ4v) is 2.31. The van der Waals surface area contributed by atoms with Gasteiger partial charge in [-0.2, -0.15) is 13.2 Å². The molecular formula is C17H27F3IN3O2. The summed E-state index contributed by atoms with van der Waals surface area (Å²) in [7, 11) is 4.79. The van der Waals surface area contributed by atoms with Crippen LogP contribution in [0.25, 0.3) is 0 Å². The fraction of sp³-hybridized carbons (Fsp3) is 0.588. The van der Waals surface area contributed by atoms with Gasteiger partial charge in [0.25, 0.3) is 0 Å². The molecular weight excluding hydrogens is 462 g/mol. The number of hydrogen-bond donors (Lipinski definition) is 2. The molecule has 150 valence electrons. The van der Waals surface area contributed by atoms with Crippen molar-refractivity contribution >= 4 is 29.9 Å². The number of aliphatic imine (C=N–C) groups is 1. The molecule has 0 aliphatic rings. The number of hydrogen-bond acceptors (Lipinski definition) is 3. The highest BCUT2D eigenvalue weighted by Gasteiger charge is 2.25. The van der Waals surface area contributed by atoms with Crippen molar-refractivity contribution in [3.63, 3.8) is 0 Å². The Kier molecular flexibility index (Phi) is 11.4. The molecule has 0 aromatic heterocycles. The minimum absolute atomic E-state index is 0. The SMILES string of the molecule is CN=C(NCCCCC(F)(F)F)NC(C)c1cc(OC)ccc1OC.I. The summed E-state index contributed by atoms with van der Waals surface area (Å²) in [4.78, 5) is 4.10. The van der Waals surface area contributed by atoms with Crippen LogP contribution in [0, 0.1) is 0 Å². The van der Waals surface area contributed by atoms with Crippen LogP contribution in [-0.4, -0.2) is 39.9 Å². The smallest absolute Gasteiger partial charge is 0.389 e. The molecule has 0 amide bonds. The Morgan fingerprint density at radius 1 is 1.19 bits per heavy atom. The van der Waals surface area contributed by atoms with Crippen LogP contribution in [0.2, 0.25) is 0 Å². The van der Waals surface area contributed by atoms with Crippen molar-refractivity contribution in [1.82, 2.24) is 10.6 Å². The van der Waals surface area contributed by atoms with Crippen LogP contribution in [0.15, 0.2) is 23.2 Å². The molecule has 2 N–H and O–H groups in total. The van der Waals surface area contributed by atoms with Crippen molar-refractivity contribution in [2.75, 3.05) is 27.8 Å². The third kappa shape index (κ3) is 8.81. The van der Waals surface area contributed by atoms with E-state index in [1.807, 2.05) is 25.1 Å². The zero-order valence-corrected chi connectivity index (χ0v) is 17.8. The summed E-state index contributed by atoms with van der Waals surface area (Å²) in [5.74, 6) is 1.94. The first-order valence-electron chi connectivity index (χ1n) is 8.06. The molecule has 0 bridgehead atoms. The molecule has 9 heteroatoms. The fourth-order valence-electron chi connectivity index (χ4n) is 2.31. The van der Waals surface area contributed by atoms with Gasteiger partial charge in [0.05, 0.1) is 20.3 Å². The van der Waals surface area contributed by atoms with Crippen molar-refractivity contribution in [3.8, 4) is 11.5 Å². The second-order valence-electron chi connectivity index (χ2n) is 5.55. The first kappa shape index (κ1) is 24.6. The summed E-state index contributed by atoms with van der Waals surface area (Å²) in [6, 6.07) is 5.36. The van der Waals surface area contributed by atoms with E-state index >= 15 is 0 Å². The highest BCUT2D eigenvalue weighted by Crippen LogP contribution is 2.29. The zero-order valence-electron chi connectivity index (χ0n) is 15.4. The summed E-state index contributed by atoms with van der Waals surface area (Å²) in [5.41, 5.74) is 0.891. The van der Waals surface area contributed by atoms with Gasteiger partial charge in [0.2, 0.25) is 0 Å². The van der Waals surface area contributed by atoms with Crippen LogP contribution in [0.1, 0.15) is 37.8 Å². The Labute approximate surface area is 169 Å². The van der Waals surface area contributed by atoms with Gasteiger partial charge >= 0.3 is 6.18 Å². The maximum atomic E-state index is 12.1. The minimum Gasteiger partial charge on any atom is -0.497 e. The van der Waals surface area contributed by atoms with Crippen molar-refractivity contribution in [2.45, 2.75) is 38.4 Å². The minimum atomic E-state index is -4.10. The van der Waals surface area contributed by atoms with E-state index in [0.717, 1.165) is 5.56 Å². The molecule has 0 saturated carbocycles. The van der Waals surface area contributed by atoms with Gasteiger partial charge in [-0.15, -0.1) is 24.0 Å². The molecule has 0 heterocycles. The molecule has 5 nitrogen and oxygen atoms in total. The Morgan fingerprint density at radius 2 is 1.88 bits per heavy atom. The highest BCUT2D eigenvalue weighted by atomic mass is 127. The van der Waals surface area contributed by atoms with E-state index in [4.69, 9.17) is 9.47 Å². The lowest BCUT2D eigenvalue weighted by molar-refractivity contribution is -0.135. The van der Waals surface area contributed by atoms with Gasteiger partial charge in [0.1, 0.15) is 11.5 Å². The van der Waals surface area contributed by atoms with E-state index in [0.29, 0.717) is 30.4 Å². The normalized spacial score (nSPS) is 12.8. The van der Waals surface area contributed by atoms with Crippen LogP contribution in [0.5, 0.6) is 11.5 Å². The van der Waals surface area contributed by atoms with E-state index in [1.54, 1.807) is 21.3 Å². The Morgan fingerprint density at radius 3 is 2.42 bits per heavy atom. The standard InChI is InChI=1S/C17H26F3N3O2.HI/c1-12(14-11-13(24-3)7-8-15(14)25-4)23-16(21-2)22-10-6-5-9-17(18,19)20;/h7-8,11-12H,5-6,9-10H2,1-4H3,(H2,21,22,23);1H.